The van der Waals surface area contributed by atoms with E-state index in [1.165, 1.54) is 12.1 Å². The minimum atomic E-state index is -4.39. The van der Waals surface area contributed by atoms with Gasteiger partial charge in [-0.15, -0.1) is 0 Å². The van der Waals surface area contributed by atoms with Crippen molar-refractivity contribution in [2.45, 2.75) is 13.1 Å². The van der Waals surface area contributed by atoms with Gasteiger partial charge in [0.15, 0.2) is 0 Å². The van der Waals surface area contributed by atoms with Crippen molar-refractivity contribution in [1.29, 1.82) is 5.26 Å². The summed E-state index contributed by atoms with van der Waals surface area (Å²) in [5.74, 6) is 0. The van der Waals surface area contributed by atoms with Crippen molar-refractivity contribution in [2.75, 3.05) is 5.32 Å². The standard InChI is InChI=1S/C15H11F3N2/c1-10-5-6-14(11(7-10)9-19)20-13-4-2-3-12(8-13)15(16,17)18/h2-8,20H,1H3. The molecule has 0 spiro atoms. The van der Waals surface area contributed by atoms with E-state index in [9.17, 15) is 13.2 Å². The van der Waals surface area contributed by atoms with Crippen molar-refractivity contribution in [2.24, 2.45) is 0 Å². The Kier molecular flexibility index (Phi) is 3.66. The molecule has 0 radical (unpaired) electrons. The third-order valence-electron chi connectivity index (χ3n) is 2.76. The van der Waals surface area contributed by atoms with Gasteiger partial charge in [0.1, 0.15) is 6.07 Å². The average Bonchev–Trinajstić information content (AvgIpc) is 2.40. The Balaban J connectivity index is 2.34. The van der Waals surface area contributed by atoms with Crippen LogP contribution in [0.5, 0.6) is 0 Å². The smallest absolute Gasteiger partial charge is 0.354 e. The largest absolute Gasteiger partial charge is 0.416 e. The molecule has 0 saturated heterocycles. The molecule has 0 atom stereocenters. The molecule has 0 fully saturated rings. The molecule has 2 rings (SSSR count). The lowest BCUT2D eigenvalue weighted by Gasteiger charge is -2.12. The van der Waals surface area contributed by atoms with Gasteiger partial charge in [-0.25, -0.2) is 0 Å². The molecule has 0 bridgehead atoms. The summed E-state index contributed by atoms with van der Waals surface area (Å²) in [6.07, 6.45) is -4.39. The summed E-state index contributed by atoms with van der Waals surface area (Å²) in [7, 11) is 0. The lowest BCUT2D eigenvalue weighted by atomic mass is 10.1. The van der Waals surface area contributed by atoms with Crippen LogP contribution in [0.3, 0.4) is 0 Å². The molecule has 2 aromatic carbocycles. The van der Waals surface area contributed by atoms with E-state index in [4.69, 9.17) is 5.26 Å². The third kappa shape index (κ3) is 3.09. The Morgan fingerprint density at radius 2 is 1.85 bits per heavy atom. The Morgan fingerprint density at radius 1 is 1.10 bits per heavy atom. The Bertz CT molecular complexity index is 670. The highest BCUT2D eigenvalue weighted by Crippen LogP contribution is 2.31. The molecule has 5 heteroatoms. The lowest BCUT2D eigenvalue weighted by Crippen LogP contribution is -2.05. The molecule has 0 heterocycles. The van der Waals surface area contributed by atoms with Crippen LogP contribution in [-0.4, -0.2) is 0 Å². The van der Waals surface area contributed by atoms with Gasteiger partial charge in [-0.2, -0.15) is 18.4 Å². The number of nitriles is 1. The number of alkyl halides is 3. The van der Waals surface area contributed by atoms with Crippen LogP contribution in [-0.2, 0) is 6.18 Å². The quantitative estimate of drug-likeness (QED) is 0.868. The number of halogens is 3. The van der Waals surface area contributed by atoms with Crippen molar-refractivity contribution in [3.63, 3.8) is 0 Å². The number of anilines is 2. The summed E-state index contributed by atoms with van der Waals surface area (Å²) in [4.78, 5) is 0. The minimum absolute atomic E-state index is 0.292. The van der Waals surface area contributed by atoms with Crippen LogP contribution < -0.4 is 5.32 Å². The zero-order valence-electron chi connectivity index (χ0n) is 10.6. The van der Waals surface area contributed by atoms with Gasteiger partial charge < -0.3 is 5.32 Å². The number of benzene rings is 2. The maximum absolute atomic E-state index is 12.6. The van der Waals surface area contributed by atoms with E-state index in [2.05, 4.69) is 5.32 Å². The second kappa shape index (κ2) is 5.25. The Morgan fingerprint density at radius 3 is 2.50 bits per heavy atom. The lowest BCUT2D eigenvalue weighted by molar-refractivity contribution is -0.137. The maximum Gasteiger partial charge on any atom is 0.416 e. The summed E-state index contributed by atoms with van der Waals surface area (Å²) in [5, 5.41) is 11.9. The number of nitrogens with zero attached hydrogens (tertiary/aromatic N) is 1. The molecule has 0 aliphatic carbocycles. The molecule has 0 unspecified atom stereocenters. The first kappa shape index (κ1) is 13.9. The van der Waals surface area contributed by atoms with Crippen LogP contribution in [0, 0.1) is 18.3 Å². The fourth-order valence-corrected chi connectivity index (χ4v) is 1.79. The molecule has 20 heavy (non-hydrogen) atoms. The van der Waals surface area contributed by atoms with Crippen LogP contribution in [0.15, 0.2) is 42.5 Å². The van der Waals surface area contributed by atoms with Crippen molar-refractivity contribution in [3.05, 3.63) is 59.2 Å². The van der Waals surface area contributed by atoms with Gasteiger partial charge in [0, 0.05) is 5.69 Å². The van der Waals surface area contributed by atoms with Gasteiger partial charge in [-0.1, -0.05) is 12.1 Å². The van der Waals surface area contributed by atoms with Crippen molar-refractivity contribution in [1.82, 2.24) is 0 Å². The van der Waals surface area contributed by atoms with Gasteiger partial charge in [0.25, 0.3) is 0 Å². The van der Waals surface area contributed by atoms with Crippen molar-refractivity contribution >= 4 is 11.4 Å². The van der Waals surface area contributed by atoms with Crippen LogP contribution >= 0.6 is 0 Å². The number of nitrogens with one attached hydrogen (secondary N) is 1. The molecule has 0 amide bonds. The van der Waals surface area contributed by atoms with Crippen molar-refractivity contribution < 1.29 is 13.2 Å². The van der Waals surface area contributed by atoms with Crippen LogP contribution in [0.25, 0.3) is 0 Å². The maximum atomic E-state index is 12.6. The van der Waals surface area contributed by atoms with E-state index in [0.29, 0.717) is 16.9 Å². The number of aryl methyl sites for hydroxylation is 1. The summed E-state index contributed by atoms with van der Waals surface area (Å²) in [6.45, 7) is 1.84. The minimum Gasteiger partial charge on any atom is -0.354 e. The molecule has 2 nitrogen and oxygen atoms in total. The zero-order valence-corrected chi connectivity index (χ0v) is 10.6. The topological polar surface area (TPSA) is 35.8 Å². The molecule has 102 valence electrons. The number of hydrogen-bond acceptors (Lipinski definition) is 2. The SMILES string of the molecule is Cc1ccc(Nc2cccc(C(F)(F)F)c2)c(C#N)c1. The van der Waals surface area contributed by atoms with E-state index in [0.717, 1.165) is 17.7 Å². The summed E-state index contributed by atoms with van der Waals surface area (Å²) >= 11 is 0. The van der Waals surface area contributed by atoms with E-state index < -0.39 is 11.7 Å². The summed E-state index contributed by atoms with van der Waals surface area (Å²) in [5.41, 5.74) is 1.35. The second-order valence-electron chi connectivity index (χ2n) is 4.36. The molecule has 2 aromatic rings. The third-order valence-corrected chi connectivity index (χ3v) is 2.76. The first-order valence-corrected chi connectivity index (χ1v) is 5.85. The first-order valence-electron chi connectivity index (χ1n) is 5.85. The predicted molar refractivity (Wildman–Crippen MR) is 70.6 cm³/mol. The average molecular weight is 276 g/mol. The second-order valence-corrected chi connectivity index (χ2v) is 4.36. The summed E-state index contributed by atoms with van der Waals surface area (Å²) < 4.78 is 37.9. The molecule has 0 aliphatic rings. The Hall–Kier alpha value is -2.48. The van der Waals surface area contributed by atoms with E-state index in [-0.39, 0.29) is 0 Å². The fraction of sp³-hybridized carbons (Fsp3) is 0.133. The van der Waals surface area contributed by atoms with Crippen LogP contribution in [0.4, 0.5) is 24.5 Å². The highest BCUT2D eigenvalue weighted by atomic mass is 19.4. The molecule has 0 saturated carbocycles. The van der Waals surface area contributed by atoms with E-state index >= 15 is 0 Å². The molecular formula is C15H11F3N2. The van der Waals surface area contributed by atoms with Gasteiger partial charge in [0.05, 0.1) is 16.8 Å². The molecule has 0 aromatic heterocycles. The van der Waals surface area contributed by atoms with Gasteiger partial charge >= 0.3 is 6.18 Å². The summed E-state index contributed by atoms with van der Waals surface area (Å²) in [6, 6.07) is 12.0. The monoisotopic (exact) mass is 276 g/mol. The Labute approximate surface area is 114 Å². The van der Waals surface area contributed by atoms with Crippen LogP contribution in [0.2, 0.25) is 0 Å². The van der Waals surface area contributed by atoms with Crippen LogP contribution in [0.1, 0.15) is 16.7 Å². The molecular weight excluding hydrogens is 265 g/mol. The highest BCUT2D eigenvalue weighted by Gasteiger charge is 2.30. The molecule has 1 N–H and O–H groups in total. The fourth-order valence-electron chi connectivity index (χ4n) is 1.79. The predicted octanol–water partition coefficient (Wildman–Crippen LogP) is 4.63. The normalized spacial score (nSPS) is 10.9. The van der Waals surface area contributed by atoms with Gasteiger partial charge in [-0.3, -0.25) is 0 Å². The van der Waals surface area contributed by atoms with Gasteiger partial charge in [0.2, 0.25) is 0 Å². The number of hydrogen-bond donors (Lipinski definition) is 1. The zero-order chi connectivity index (χ0) is 14.8. The van der Waals surface area contributed by atoms with Gasteiger partial charge in [-0.05, 0) is 42.8 Å². The first-order chi connectivity index (χ1) is 9.40. The van der Waals surface area contributed by atoms with E-state index in [1.54, 1.807) is 18.2 Å². The molecule has 0 aliphatic heterocycles. The number of rotatable bonds is 2. The highest BCUT2D eigenvalue weighted by molar-refractivity contribution is 5.67. The van der Waals surface area contributed by atoms with E-state index in [1.807, 2.05) is 13.0 Å². The van der Waals surface area contributed by atoms with Crippen molar-refractivity contribution in [3.8, 4) is 6.07 Å².